The molecule has 0 saturated carbocycles. The van der Waals surface area contributed by atoms with Crippen molar-refractivity contribution in [2.24, 2.45) is 7.05 Å². The van der Waals surface area contributed by atoms with Gasteiger partial charge in [-0.05, 0) is 62.7 Å². The van der Waals surface area contributed by atoms with Crippen molar-refractivity contribution in [1.29, 1.82) is 0 Å². The molecule has 3 rings (SSSR count). The molecule has 192 valence electrons. The van der Waals surface area contributed by atoms with Gasteiger partial charge in [0.05, 0.1) is 29.8 Å². The van der Waals surface area contributed by atoms with Gasteiger partial charge in [0.1, 0.15) is 5.69 Å². The minimum atomic E-state index is -3.86. The van der Waals surface area contributed by atoms with Gasteiger partial charge in [-0.25, -0.2) is 12.8 Å². The van der Waals surface area contributed by atoms with E-state index in [0.29, 0.717) is 16.8 Å². The van der Waals surface area contributed by atoms with Gasteiger partial charge in [0.25, 0.3) is 5.91 Å². The Hall–Kier alpha value is -3.73. The lowest BCUT2D eigenvalue weighted by Crippen LogP contribution is -2.28. The Labute approximate surface area is 209 Å². The number of amides is 1. The largest absolute Gasteiger partial charge is 0.494 e. The van der Waals surface area contributed by atoms with E-state index in [1.807, 2.05) is 0 Å². The van der Waals surface area contributed by atoms with E-state index in [2.05, 4.69) is 10.4 Å². The molecule has 2 aromatic carbocycles. The third-order valence-electron chi connectivity index (χ3n) is 5.32. The molecular formula is C25H28FN3O6S. The summed E-state index contributed by atoms with van der Waals surface area (Å²) in [6.45, 7) is 5.03. The predicted molar refractivity (Wildman–Crippen MR) is 131 cm³/mol. The number of rotatable bonds is 9. The fourth-order valence-corrected chi connectivity index (χ4v) is 4.59. The summed E-state index contributed by atoms with van der Waals surface area (Å²) in [4.78, 5) is 24.6. The molecule has 36 heavy (non-hydrogen) atoms. The Morgan fingerprint density at radius 2 is 1.75 bits per heavy atom. The van der Waals surface area contributed by atoms with Crippen LogP contribution in [0.4, 0.5) is 4.39 Å². The number of aromatic nitrogens is 2. The molecule has 0 aliphatic rings. The molecule has 9 nitrogen and oxygen atoms in total. The number of nitrogens with one attached hydrogen (secondary N) is 1. The molecule has 0 fully saturated rings. The summed E-state index contributed by atoms with van der Waals surface area (Å²) >= 11 is 0. The van der Waals surface area contributed by atoms with Gasteiger partial charge in [-0.1, -0.05) is 12.1 Å². The van der Waals surface area contributed by atoms with Crippen LogP contribution < -0.4 is 10.1 Å². The number of halogens is 1. The summed E-state index contributed by atoms with van der Waals surface area (Å²) in [7, 11) is -0.873. The van der Waals surface area contributed by atoms with Crippen molar-refractivity contribution in [1.82, 2.24) is 15.1 Å². The van der Waals surface area contributed by atoms with Crippen molar-refractivity contribution in [3.05, 3.63) is 65.6 Å². The Morgan fingerprint density at radius 3 is 2.36 bits per heavy atom. The lowest BCUT2D eigenvalue weighted by Gasteiger charge is -2.15. The van der Waals surface area contributed by atoms with Gasteiger partial charge in [0.2, 0.25) is 0 Å². The molecule has 1 unspecified atom stereocenters. The number of aryl methyl sites for hydroxylation is 1. The number of hydrogen-bond donors (Lipinski definition) is 1. The molecular weight excluding hydrogens is 489 g/mol. The number of nitrogens with zero attached hydrogens (tertiary/aromatic N) is 2. The summed E-state index contributed by atoms with van der Waals surface area (Å²) in [5.74, 6) is -2.40. The van der Waals surface area contributed by atoms with E-state index in [1.165, 1.54) is 36.1 Å². The minimum absolute atomic E-state index is 0.0171. The zero-order chi connectivity index (χ0) is 26.6. The monoisotopic (exact) mass is 517 g/mol. The molecule has 0 aliphatic carbocycles. The lowest BCUT2D eigenvalue weighted by atomic mass is 10.1. The van der Waals surface area contributed by atoms with E-state index >= 15 is 0 Å². The highest BCUT2D eigenvalue weighted by Crippen LogP contribution is 2.26. The number of esters is 1. The summed E-state index contributed by atoms with van der Waals surface area (Å²) in [5.41, 5.74) is 2.00. The number of benzene rings is 2. The van der Waals surface area contributed by atoms with Crippen LogP contribution in [0.3, 0.4) is 0 Å². The average Bonchev–Trinajstić information content (AvgIpc) is 3.20. The van der Waals surface area contributed by atoms with Crippen LogP contribution in [-0.2, 0) is 26.4 Å². The van der Waals surface area contributed by atoms with E-state index in [0.717, 1.165) is 0 Å². The zero-order valence-corrected chi connectivity index (χ0v) is 21.4. The van der Waals surface area contributed by atoms with Crippen LogP contribution in [0.5, 0.6) is 5.75 Å². The third kappa shape index (κ3) is 6.28. The molecule has 1 N–H and O–H groups in total. The van der Waals surface area contributed by atoms with Crippen LogP contribution >= 0.6 is 0 Å². The molecule has 11 heteroatoms. The normalized spacial score (nSPS) is 12.3. The van der Waals surface area contributed by atoms with E-state index in [-0.39, 0.29) is 16.3 Å². The molecule has 3 aromatic rings. The second kappa shape index (κ2) is 10.9. The predicted octanol–water partition coefficient (Wildman–Crippen LogP) is 3.45. The quantitative estimate of drug-likeness (QED) is 0.432. The second-order valence-corrected chi connectivity index (χ2v) is 10.4. The van der Waals surface area contributed by atoms with Gasteiger partial charge in [0, 0.05) is 12.6 Å². The standard InChI is InChI=1S/C25H28FN3O6S/c1-15(2)35-24(30)14-36(32,33)19-9-6-17(7-10-19)16(3)27-25(31)22-13-21(28-29(22)4)18-8-11-20(26)23(12-18)34-5/h6-13,15-16H,14H2,1-5H3,(H,27,31). The Kier molecular flexibility index (Phi) is 8.13. The van der Waals surface area contributed by atoms with Crippen molar-refractivity contribution >= 4 is 21.7 Å². The number of carbonyl (C=O) groups excluding carboxylic acids is 2. The van der Waals surface area contributed by atoms with Crippen LogP contribution in [0.25, 0.3) is 11.3 Å². The topological polar surface area (TPSA) is 117 Å². The Balaban J connectivity index is 1.71. The third-order valence-corrected chi connectivity index (χ3v) is 6.93. The van der Waals surface area contributed by atoms with Crippen molar-refractivity contribution in [2.75, 3.05) is 12.9 Å². The SMILES string of the molecule is COc1cc(-c2cc(C(=O)NC(C)c3ccc(S(=O)(=O)CC(=O)OC(C)C)cc3)n(C)n2)ccc1F. The molecule has 1 heterocycles. The Bertz CT molecular complexity index is 1370. The summed E-state index contributed by atoms with van der Waals surface area (Å²) in [6, 6.07) is 11.4. The number of carbonyl (C=O) groups is 2. The fraction of sp³-hybridized carbons (Fsp3) is 0.320. The summed E-state index contributed by atoms with van der Waals surface area (Å²) in [5, 5.41) is 7.19. The maximum atomic E-state index is 13.7. The first kappa shape index (κ1) is 26.9. The maximum Gasteiger partial charge on any atom is 0.321 e. The van der Waals surface area contributed by atoms with Gasteiger partial charge >= 0.3 is 5.97 Å². The fourth-order valence-electron chi connectivity index (χ4n) is 3.49. The molecule has 0 aliphatic heterocycles. The van der Waals surface area contributed by atoms with E-state index in [4.69, 9.17) is 9.47 Å². The molecule has 1 aromatic heterocycles. The first-order valence-electron chi connectivity index (χ1n) is 11.1. The molecule has 0 radical (unpaired) electrons. The average molecular weight is 518 g/mol. The van der Waals surface area contributed by atoms with Crippen molar-refractivity contribution in [3.63, 3.8) is 0 Å². The molecule has 0 spiro atoms. The van der Waals surface area contributed by atoms with Gasteiger partial charge in [-0.3, -0.25) is 14.3 Å². The van der Waals surface area contributed by atoms with Crippen LogP contribution in [0.1, 0.15) is 42.9 Å². The van der Waals surface area contributed by atoms with Gasteiger partial charge in [-0.2, -0.15) is 5.10 Å². The van der Waals surface area contributed by atoms with E-state index in [1.54, 1.807) is 52.1 Å². The van der Waals surface area contributed by atoms with Gasteiger partial charge < -0.3 is 14.8 Å². The molecule has 1 amide bonds. The molecule has 0 saturated heterocycles. The smallest absolute Gasteiger partial charge is 0.321 e. The highest BCUT2D eigenvalue weighted by atomic mass is 32.2. The van der Waals surface area contributed by atoms with Gasteiger partial charge in [0.15, 0.2) is 27.2 Å². The van der Waals surface area contributed by atoms with Crippen molar-refractivity contribution < 1.29 is 31.9 Å². The maximum absolute atomic E-state index is 13.7. The lowest BCUT2D eigenvalue weighted by molar-refractivity contribution is -0.144. The Morgan fingerprint density at radius 1 is 1.08 bits per heavy atom. The second-order valence-electron chi connectivity index (χ2n) is 8.45. The minimum Gasteiger partial charge on any atom is -0.494 e. The van der Waals surface area contributed by atoms with Crippen molar-refractivity contribution in [3.8, 4) is 17.0 Å². The van der Waals surface area contributed by atoms with Crippen LogP contribution in [-0.4, -0.2) is 49.0 Å². The first-order valence-corrected chi connectivity index (χ1v) is 12.8. The van der Waals surface area contributed by atoms with Crippen LogP contribution in [0, 0.1) is 5.82 Å². The van der Waals surface area contributed by atoms with E-state index in [9.17, 15) is 22.4 Å². The summed E-state index contributed by atoms with van der Waals surface area (Å²) in [6.07, 6.45) is -0.409. The number of hydrogen-bond acceptors (Lipinski definition) is 7. The number of sulfone groups is 1. The molecule has 0 bridgehead atoms. The van der Waals surface area contributed by atoms with Crippen molar-refractivity contribution in [2.45, 2.75) is 37.8 Å². The van der Waals surface area contributed by atoms with Gasteiger partial charge in [-0.15, -0.1) is 0 Å². The summed E-state index contributed by atoms with van der Waals surface area (Å²) < 4.78 is 50.0. The highest BCUT2D eigenvalue weighted by Gasteiger charge is 2.22. The number of methoxy groups -OCH3 is 1. The highest BCUT2D eigenvalue weighted by molar-refractivity contribution is 7.92. The number of ether oxygens (including phenoxy) is 2. The first-order chi connectivity index (χ1) is 16.9. The van der Waals surface area contributed by atoms with E-state index < -0.39 is 45.4 Å². The zero-order valence-electron chi connectivity index (χ0n) is 20.6. The molecule has 1 atom stereocenters. The van der Waals surface area contributed by atoms with Crippen LogP contribution in [0.2, 0.25) is 0 Å². The van der Waals surface area contributed by atoms with Crippen LogP contribution in [0.15, 0.2) is 53.4 Å².